The molecule has 0 radical (unpaired) electrons. The molecule has 9 heteroatoms. The first-order valence-corrected chi connectivity index (χ1v) is 14.2. The molecule has 2 aliphatic heterocycles. The predicted molar refractivity (Wildman–Crippen MR) is 142 cm³/mol. The van der Waals surface area contributed by atoms with Gasteiger partial charge in [-0.1, -0.05) is 20.8 Å². The molecule has 2 heterocycles. The maximum absolute atomic E-state index is 13.3. The van der Waals surface area contributed by atoms with Crippen LogP contribution in [-0.4, -0.2) is 83.0 Å². The van der Waals surface area contributed by atoms with Gasteiger partial charge in [-0.25, -0.2) is 4.79 Å². The standard InChI is InChI=1S/C27H47ClN4O4/c1-8-32(20-9-10-31(15-20)26(35)36-27(5,6)7)23-13-19(28)12-21(18(23)4)24(33)29-14-22-16(2)11-17(3)30-25(22)34/h16-23H,8-15H2,1-7H3,(H,29,33)(H,30,34). The summed E-state index contributed by atoms with van der Waals surface area (Å²) in [7, 11) is 0. The summed E-state index contributed by atoms with van der Waals surface area (Å²) >= 11 is 6.73. The summed E-state index contributed by atoms with van der Waals surface area (Å²) < 4.78 is 5.58. The third-order valence-electron chi connectivity index (χ3n) is 8.29. The Morgan fingerprint density at radius 1 is 1.19 bits per heavy atom. The molecule has 8 atom stereocenters. The van der Waals surface area contributed by atoms with E-state index < -0.39 is 5.60 Å². The van der Waals surface area contributed by atoms with Gasteiger partial charge in [0.05, 0.1) is 5.92 Å². The smallest absolute Gasteiger partial charge is 0.410 e. The van der Waals surface area contributed by atoms with E-state index in [1.165, 1.54) is 0 Å². The summed E-state index contributed by atoms with van der Waals surface area (Å²) in [5.74, 6) is -0.0281. The van der Waals surface area contributed by atoms with Crippen molar-refractivity contribution >= 4 is 29.5 Å². The van der Waals surface area contributed by atoms with Crippen molar-refractivity contribution in [2.75, 3.05) is 26.2 Å². The van der Waals surface area contributed by atoms with E-state index in [0.29, 0.717) is 26.1 Å². The highest BCUT2D eigenvalue weighted by molar-refractivity contribution is 6.20. The highest BCUT2D eigenvalue weighted by Crippen LogP contribution is 2.38. The Morgan fingerprint density at radius 3 is 2.50 bits per heavy atom. The van der Waals surface area contributed by atoms with Crippen molar-refractivity contribution in [2.45, 2.75) is 103 Å². The minimum Gasteiger partial charge on any atom is -0.444 e. The predicted octanol–water partition coefficient (Wildman–Crippen LogP) is 3.62. The number of ether oxygens (including phenoxy) is 1. The van der Waals surface area contributed by atoms with Gasteiger partial charge in [-0.15, -0.1) is 11.6 Å². The fraction of sp³-hybridized carbons (Fsp3) is 0.889. The van der Waals surface area contributed by atoms with Crippen LogP contribution in [0.4, 0.5) is 4.79 Å². The monoisotopic (exact) mass is 526 g/mol. The van der Waals surface area contributed by atoms with E-state index in [-0.39, 0.29) is 65.1 Å². The lowest BCUT2D eigenvalue weighted by atomic mass is 9.74. The van der Waals surface area contributed by atoms with Gasteiger partial charge >= 0.3 is 6.09 Å². The molecule has 0 aromatic rings. The zero-order chi connectivity index (χ0) is 26.8. The molecule has 1 saturated carbocycles. The van der Waals surface area contributed by atoms with E-state index in [1.807, 2.05) is 27.7 Å². The van der Waals surface area contributed by atoms with Gasteiger partial charge in [0.1, 0.15) is 5.60 Å². The van der Waals surface area contributed by atoms with Crippen LogP contribution >= 0.6 is 11.6 Å². The highest BCUT2D eigenvalue weighted by Gasteiger charge is 2.44. The number of rotatable bonds is 6. The van der Waals surface area contributed by atoms with Crippen molar-refractivity contribution in [1.82, 2.24) is 20.4 Å². The molecule has 8 unspecified atom stereocenters. The molecular weight excluding hydrogens is 480 g/mol. The lowest BCUT2D eigenvalue weighted by Gasteiger charge is -2.45. The number of alkyl halides is 1. The number of carbonyl (C=O) groups excluding carboxylic acids is 3. The van der Waals surface area contributed by atoms with Crippen LogP contribution in [0.25, 0.3) is 0 Å². The average molecular weight is 527 g/mol. The summed E-state index contributed by atoms with van der Waals surface area (Å²) in [6, 6.07) is 0.551. The molecule has 2 N–H and O–H groups in total. The molecule has 3 amide bonds. The van der Waals surface area contributed by atoms with Gasteiger partial charge in [-0.2, -0.15) is 0 Å². The van der Waals surface area contributed by atoms with E-state index in [1.54, 1.807) is 4.90 Å². The van der Waals surface area contributed by atoms with Crippen molar-refractivity contribution in [2.24, 2.45) is 23.7 Å². The number of nitrogens with zero attached hydrogens (tertiary/aromatic N) is 2. The molecule has 3 fully saturated rings. The Bertz CT molecular complexity index is 803. The molecule has 36 heavy (non-hydrogen) atoms. The lowest BCUT2D eigenvalue weighted by Crippen LogP contribution is -2.55. The Hall–Kier alpha value is -1.54. The van der Waals surface area contributed by atoms with Gasteiger partial charge in [0.2, 0.25) is 11.8 Å². The number of likely N-dealkylation sites (tertiary alicyclic amines) is 1. The fourth-order valence-corrected chi connectivity index (χ4v) is 6.78. The Balaban J connectivity index is 1.62. The Kier molecular flexibility index (Phi) is 9.58. The highest BCUT2D eigenvalue weighted by atomic mass is 35.5. The van der Waals surface area contributed by atoms with Crippen LogP contribution < -0.4 is 10.6 Å². The largest absolute Gasteiger partial charge is 0.444 e. The van der Waals surface area contributed by atoms with Gasteiger partial charge in [-0.05, 0) is 71.8 Å². The number of hydrogen-bond acceptors (Lipinski definition) is 5. The van der Waals surface area contributed by atoms with E-state index in [4.69, 9.17) is 16.3 Å². The van der Waals surface area contributed by atoms with Crippen molar-refractivity contribution in [3.63, 3.8) is 0 Å². The normalized spacial score (nSPS) is 35.5. The molecule has 0 aromatic heterocycles. The quantitative estimate of drug-likeness (QED) is 0.516. The number of halogens is 1. The number of amides is 3. The van der Waals surface area contributed by atoms with Crippen LogP contribution in [0.5, 0.6) is 0 Å². The van der Waals surface area contributed by atoms with E-state index >= 15 is 0 Å². The zero-order valence-electron chi connectivity index (χ0n) is 23.2. The van der Waals surface area contributed by atoms with Crippen molar-refractivity contribution in [3.8, 4) is 0 Å². The molecule has 0 bridgehead atoms. The van der Waals surface area contributed by atoms with Gasteiger partial charge in [0.15, 0.2) is 0 Å². The van der Waals surface area contributed by atoms with Gasteiger partial charge < -0.3 is 20.3 Å². The maximum Gasteiger partial charge on any atom is 0.410 e. The summed E-state index contributed by atoms with van der Waals surface area (Å²) in [5, 5.41) is 6.02. The van der Waals surface area contributed by atoms with Crippen LogP contribution in [0.1, 0.15) is 74.1 Å². The van der Waals surface area contributed by atoms with E-state index in [9.17, 15) is 14.4 Å². The van der Waals surface area contributed by atoms with Crippen molar-refractivity contribution in [1.29, 1.82) is 0 Å². The molecule has 3 rings (SSSR count). The second kappa shape index (κ2) is 11.9. The summed E-state index contributed by atoms with van der Waals surface area (Å²) in [6.45, 7) is 16.5. The molecule has 8 nitrogen and oxygen atoms in total. The maximum atomic E-state index is 13.3. The Labute approximate surface area is 222 Å². The molecule has 206 valence electrons. The van der Waals surface area contributed by atoms with Crippen LogP contribution in [0.2, 0.25) is 0 Å². The molecule has 0 spiro atoms. The average Bonchev–Trinajstić information content (AvgIpc) is 3.24. The molecule has 2 saturated heterocycles. The van der Waals surface area contributed by atoms with Crippen LogP contribution in [-0.2, 0) is 14.3 Å². The molecular formula is C27H47ClN4O4. The van der Waals surface area contributed by atoms with Crippen LogP contribution in [0.15, 0.2) is 0 Å². The summed E-state index contributed by atoms with van der Waals surface area (Å²) in [5.41, 5.74) is -0.516. The number of likely N-dealkylation sites (N-methyl/N-ethyl adjacent to an activating group) is 1. The van der Waals surface area contributed by atoms with Crippen molar-refractivity contribution < 1.29 is 19.1 Å². The van der Waals surface area contributed by atoms with Crippen LogP contribution in [0, 0.1) is 23.7 Å². The lowest BCUT2D eigenvalue weighted by molar-refractivity contribution is -0.132. The second-order valence-corrected chi connectivity index (χ2v) is 12.9. The number of hydrogen-bond donors (Lipinski definition) is 2. The third-order valence-corrected chi connectivity index (χ3v) is 8.65. The first kappa shape index (κ1) is 29.0. The minimum atomic E-state index is -0.516. The molecule has 0 aromatic carbocycles. The molecule has 3 aliphatic rings. The van der Waals surface area contributed by atoms with Gasteiger partial charge in [0.25, 0.3) is 0 Å². The first-order valence-electron chi connectivity index (χ1n) is 13.8. The summed E-state index contributed by atoms with van der Waals surface area (Å²) in [4.78, 5) is 42.7. The summed E-state index contributed by atoms with van der Waals surface area (Å²) in [6.07, 6.45) is 3.00. The SMILES string of the molecule is CCN(C1CCN(C(=O)OC(C)(C)C)C1)C1CC(Cl)CC(C(=O)NCC2C(=O)NC(C)CC2C)C1C. The number of carbonyl (C=O) groups is 3. The third kappa shape index (κ3) is 7.06. The van der Waals surface area contributed by atoms with Crippen molar-refractivity contribution in [3.05, 3.63) is 0 Å². The second-order valence-electron chi connectivity index (χ2n) is 12.3. The topological polar surface area (TPSA) is 91.0 Å². The van der Waals surface area contributed by atoms with Gasteiger partial charge in [0, 0.05) is 49.1 Å². The number of nitrogens with one attached hydrogen (secondary N) is 2. The Morgan fingerprint density at radius 2 is 1.89 bits per heavy atom. The fourth-order valence-electron chi connectivity index (χ4n) is 6.41. The first-order chi connectivity index (χ1) is 16.8. The minimum absolute atomic E-state index is 0.00525. The van der Waals surface area contributed by atoms with Crippen LogP contribution in [0.3, 0.4) is 0 Å². The van der Waals surface area contributed by atoms with Gasteiger partial charge in [-0.3, -0.25) is 14.5 Å². The van der Waals surface area contributed by atoms with E-state index in [2.05, 4.69) is 36.3 Å². The van der Waals surface area contributed by atoms with E-state index in [0.717, 1.165) is 25.8 Å². The molecule has 1 aliphatic carbocycles. The number of piperidine rings is 1. The zero-order valence-corrected chi connectivity index (χ0v) is 23.9.